The predicted octanol–water partition coefficient (Wildman–Crippen LogP) is 3.25. The third-order valence-corrected chi connectivity index (χ3v) is 3.24. The van der Waals surface area contributed by atoms with Crippen molar-refractivity contribution in [3.63, 3.8) is 0 Å². The molecular weight excluding hydrogens is 220 g/mol. The average Bonchev–Trinajstić information content (AvgIpc) is 2.32. The molecule has 2 rings (SSSR count). The zero-order valence-corrected chi connectivity index (χ0v) is 11.3. The molecule has 0 amide bonds. The van der Waals surface area contributed by atoms with E-state index < -0.39 is 0 Å². The lowest BCUT2D eigenvalue weighted by Crippen LogP contribution is -2.15. The molecule has 2 heteroatoms. The van der Waals surface area contributed by atoms with Gasteiger partial charge in [0.15, 0.2) is 0 Å². The Kier molecular flexibility index (Phi) is 3.78. The van der Waals surface area contributed by atoms with Crippen molar-refractivity contribution in [1.29, 1.82) is 0 Å². The molecule has 2 N–H and O–H groups in total. The second-order valence-electron chi connectivity index (χ2n) is 4.92. The fourth-order valence-corrected chi connectivity index (χ4v) is 2.18. The molecule has 18 heavy (non-hydrogen) atoms. The van der Waals surface area contributed by atoms with Gasteiger partial charge >= 0.3 is 0 Å². The van der Waals surface area contributed by atoms with Crippen molar-refractivity contribution in [2.45, 2.75) is 33.2 Å². The molecule has 0 fully saturated rings. The summed E-state index contributed by atoms with van der Waals surface area (Å²) in [6.45, 7) is 6.12. The number of nitrogens with zero attached hydrogens (tertiary/aromatic N) is 1. The van der Waals surface area contributed by atoms with Gasteiger partial charge in [-0.15, -0.1) is 0 Å². The summed E-state index contributed by atoms with van der Waals surface area (Å²) >= 11 is 0. The predicted molar refractivity (Wildman–Crippen MR) is 75.5 cm³/mol. The molecule has 94 valence electrons. The second-order valence-corrected chi connectivity index (χ2v) is 4.92. The molecular formula is C16H20N2. The highest BCUT2D eigenvalue weighted by Gasteiger charge is 2.10. The molecule has 0 radical (unpaired) electrons. The van der Waals surface area contributed by atoms with Crippen LogP contribution in [0.3, 0.4) is 0 Å². The molecule has 1 aromatic carbocycles. The summed E-state index contributed by atoms with van der Waals surface area (Å²) in [5, 5.41) is 0. The van der Waals surface area contributed by atoms with Crippen LogP contribution in [0.5, 0.6) is 0 Å². The van der Waals surface area contributed by atoms with E-state index in [1.54, 1.807) is 0 Å². The number of benzene rings is 1. The van der Waals surface area contributed by atoms with E-state index in [-0.39, 0.29) is 6.04 Å². The lowest BCUT2D eigenvalue weighted by molar-refractivity contribution is 0.709. The van der Waals surface area contributed by atoms with E-state index in [4.69, 9.17) is 5.73 Å². The Labute approximate surface area is 109 Å². The summed E-state index contributed by atoms with van der Waals surface area (Å²) in [7, 11) is 0. The number of nitrogens with two attached hydrogens (primary N) is 1. The van der Waals surface area contributed by atoms with Gasteiger partial charge in [0.25, 0.3) is 0 Å². The van der Waals surface area contributed by atoms with Crippen LogP contribution in [0.1, 0.15) is 34.1 Å². The molecule has 2 aromatic rings. The number of pyridine rings is 1. The maximum atomic E-state index is 6.28. The molecule has 1 aromatic heterocycles. The van der Waals surface area contributed by atoms with Crippen LogP contribution >= 0.6 is 0 Å². The van der Waals surface area contributed by atoms with E-state index in [0.29, 0.717) is 0 Å². The van der Waals surface area contributed by atoms with Gasteiger partial charge < -0.3 is 5.73 Å². The van der Waals surface area contributed by atoms with Gasteiger partial charge in [-0.1, -0.05) is 35.9 Å². The molecule has 0 saturated carbocycles. The number of aromatic nitrogens is 1. The smallest absolute Gasteiger partial charge is 0.0423 e. The SMILES string of the molecule is Cc1ccc(CC(N)c2ccc(C)nc2C)cc1. The summed E-state index contributed by atoms with van der Waals surface area (Å²) in [5.41, 5.74) is 12.0. The van der Waals surface area contributed by atoms with E-state index in [0.717, 1.165) is 23.4 Å². The van der Waals surface area contributed by atoms with Gasteiger partial charge in [-0.2, -0.15) is 0 Å². The molecule has 0 bridgehead atoms. The Morgan fingerprint density at radius 3 is 2.28 bits per heavy atom. The van der Waals surface area contributed by atoms with Crippen molar-refractivity contribution >= 4 is 0 Å². The van der Waals surface area contributed by atoms with Crippen LogP contribution in [-0.4, -0.2) is 4.98 Å². The van der Waals surface area contributed by atoms with Crippen LogP contribution in [0, 0.1) is 20.8 Å². The van der Waals surface area contributed by atoms with Crippen molar-refractivity contribution < 1.29 is 0 Å². The number of rotatable bonds is 3. The van der Waals surface area contributed by atoms with Crippen LogP contribution in [0.25, 0.3) is 0 Å². The summed E-state index contributed by atoms with van der Waals surface area (Å²) in [5.74, 6) is 0. The highest BCUT2D eigenvalue weighted by Crippen LogP contribution is 2.19. The standard InChI is InChI=1S/C16H20N2/c1-11-4-7-14(8-5-11)10-16(17)15-9-6-12(2)18-13(15)3/h4-9,16H,10,17H2,1-3H3. The fourth-order valence-electron chi connectivity index (χ4n) is 2.18. The molecule has 0 aliphatic heterocycles. The van der Waals surface area contributed by atoms with Crippen LogP contribution in [0.4, 0.5) is 0 Å². The quantitative estimate of drug-likeness (QED) is 0.894. The highest BCUT2D eigenvalue weighted by atomic mass is 14.7. The molecule has 1 unspecified atom stereocenters. The fraction of sp³-hybridized carbons (Fsp3) is 0.312. The molecule has 0 aliphatic carbocycles. The van der Waals surface area contributed by atoms with Crippen molar-refractivity contribution in [2.24, 2.45) is 5.73 Å². The van der Waals surface area contributed by atoms with Gasteiger partial charge in [-0.05, 0) is 44.4 Å². The number of aryl methyl sites for hydroxylation is 3. The van der Waals surface area contributed by atoms with Crippen LogP contribution in [-0.2, 0) is 6.42 Å². The largest absolute Gasteiger partial charge is 0.324 e. The molecule has 0 aliphatic rings. The van der Waals surface area contributed by atoms with Crippen molar-refractivity contribution in [1.82, 2.24) is 4.98 Å². The molecule has 2 nitrogen and oxygen atoms in total. The number of hydrogen-bond donors (Lipinski definition) is 1. The van der Waals surface area contributed by atoms with E-state index >= 15 is 0 Å². The van der Waals surface area contributed by atoms with Gasteiger partial charge in [0.05, 0.1) is 0 Å². The van der Waals surface area contributed by atoms with Crippen molar-refractivity contribution in [2.75, 3.05) is 0 Å². The monoisotopic (exact) mass is 240 g/mol. The third-order valence-electron chi connectivity index (χ3n) is 3.24. The van der Waals surface area contributed by atoms with E-state index in [1.165, 1.54) is 11.1 Å². The summed E-state index contributed by atoms with van der Waals surface area (Å²) in [6, 6.07) is 12.7. The van der Waals surface area contributed by atoms with Crippen LogP contribution in [0.15, 0.2) is 36.4 Å². The first-order valence-electron chi connectivity index (χ1n) is 6.31. The minimum atomic E-state index is 0.0146. The molecule has 1 heterocycles. The minimum Gasteiger partial charge on any atom is -0.324 e. The first-order valence-corrected chi connectivity index (χ1v) is 6.31. The summed E-state index contributed by atoms with van der Waals surface area (Å²) in [4.78, 5) is 4.47. The normalized spacial score (nSPS) is 12.4. The molecule has 1 atom stereocenters. The molecule has 0 saturated heterocycles. The summed E-state index contributed by atoms with van der Waals surface area (Å²) in [6.07, 6.45) is 0.853. The maximum Gasteiger partial charge on any atom is 0.0423 e. The van der Waals surface area contributed by atoms with Crippen molar-refractivity contribution in [3.05, 3.63) is 64.5 Å². The van der Waals surface area contributed by atoms with E-state index in [1.807, 2.05) is 19.9 Å². The van der Waals surface area contributed by atoms with Gasteiger partial charge in [0, 0.05) is 17.4 Å². The Morgan fingerprint density at radius 1 is 1.00 bits per heavy atom. The lowest BCUT2D eigenvalue weighted by Gasteiger charge is -2.14. The first-order chi connectivity index (χ1) is 8.56. The lowest BCUT2D eigenvalue weighted by atomic mass is 9.98. The maximum absolute atomic E-state index is 6.28. The minimum absolute atomic E-state index is 0.0146. The first kappa shape index (κ1) is 12.8. The van der Waals surface area contributed by atoms with Crippen LogP contribution in [0.2, 0.25) is 0 Å². The zero-order chi connectivity index (χ0) is 13.1. The average molecular weight is 240 g/mol. The van der Waals surface area contributed by atoms with Crippen LogP contribution < -0.4 is 5.73 Å². The molecule has 0 spiro atoms. The van der Waals surface area contributed by atoms with E-state index in [2.05, 4.69) is 42.2 Å². The third kappa shape index (κ3) is 2.96. The van der Waals surface area contributed by atoms with Gasteiger partial charge in [0.1, 0.15) is 0 Å². The Morgan fingerprint density at radius 2 is 1.67 bits per heavy atom. The Balaban J connectivity index is 2.16. The van der Waals surface area contributed by atoms with Gasteiger partial charge in [-0.3, -0.25) is 4.98 Å². The van der Waals surface area contributed by atoms with Gasteiger partial charge in [-0.25, -0.2) is 0 Å². The van der Waals surface area contributed by atoms with Gasteiger partial charge in [0.2, 0.25) is 0 Å². The second kappa shape index (κ2) is 5.32. The number of hydrogen-bond acceptors (Lipinski definition) is 2. The zero-order valence-electron chi connectivity index (χ0n) is 11.3. The highest BCUT2D eigenvalue weighted by molar-refractivity contribution is 5.28. The van der Waals surface area contributed by atoms with E-state index in [9.17, 15) is 0 Å². The Hall–Kier alpha value is -1.67. The van der Waals surface area contributed by atoms with Crippen molar-refractivity contribution in [3.8, 4) is 0 Å². The summed E-state index contributed by atoms with van der Waals surface area (Å²) < 4.78 is 0. The Bertz CT molecular complexity index is 529. The topological polar surface area (TPSA) is 38.9 Å².